The van der Waals surface area contributed by atoms with Gasteiger partial charge in [-0.3, -0.25) is 4.79 Å². The van der Waals surface area contributed by atoms with E-state index in [2.05, 4.69) is 21.2 Å². The molecule has 0 radical (unpaired) electrons. The molecule has 92 valence electrons. The van der Waals surface area contributed by atoms with E-state index in [0.29, 0.717) is 4.47 Å². The van der Waals surface area contributed by atoms with Gasteiger partial charge in [0.1, 0.15) is 0 Å². The smallest absolute Gasteiger partial charge is 0.334 e. The van der Waals surface area contributed by atoms with Gasteiger partial charge >= 0.3 is 5.97 Å². The fraction of sp³-hybridized carbons (Fsp3) is 0.200. The zero-order chi connectivity index (χ0) is 13.0. The number of hydrogen-bond donors (Lipinski definition) is 3. The van der Waals surface area contributed by atoms with Crippen molar-refractivity contribution in [2.45, 2.75) is 6.10 Å². The van der Waals surface area contributed by atoms with E-state index in [1.54, 1.807) is 12.1 Å². The maximum absolute atomic E-state index is 11.6. The highest BCUT2D eigenvalue weighted by molar-refractivity contribution is 9.10. The zero-order valence-corrected chi connectivity index (χ0v) is 10.8. The highest BCUT2D eigenvalue weighted by Gasteiger charge is 2.16. The number of carbonyl (C=O) groups is 2. The monoisotopic (exact) mass is 321 g/mol. The first-order chi connectivity index (χ1) is 7.93. The minimum atomic E-state index is -1.63. The lowest BCUT2D eigenvalue weighted by Gasteiger charge is -2.09. The second-order valence-corrected chi connectivity index (χ2v) is 4.40. The molecule has 1 amide bonds. The molecule has 7 heteroatoms. The third kappa shape index (κ3) is 3.69. The van der Waals surface area contributed by atoms with Crippen LogP contribution in [0, 0.1) is 0 Å². The normalized spacial score (nSPS) is 11.9. The van der Waals surface area contributed by atoms with Crippen molar-refractivity contribution >= 4 is 39.4 Å². The molecule has 0 aliphatic heterocycles. The quantitative estimate of drug-likeness (QED) is 0.779. The molecule has 3 N–H and O–H groups in total. The molecule has 0 aromatic heterocycles. The Bertz CT molecular complexity index is 452. The van der Waals surface area contributed by atoms with Gasteiger partial charge in [0.2, 0.25) is 0 Å². The van der Waals surface area contributed by atoms with Gasteiger partial charge in [0.25, 0.3) is 5.91 Å². The molecule has 1 atom stereocenters. The number of aliphatic hydroxyl groups excluding tert-OH is 1. The number of carboxylic acids is 1. The zero-order valence-electron chi connectivity index (χ0n) is 8.48. The number of halogens is 2. The molecule has 1 aromatic carbocycles. The molecule has 17 heavy (non-hydrogen) atoms. The lowest BCUT2D eigenvalue weighted by Crippen LogP contribution is -2.36. The van der Waals surface area contributed by atoms with Crippen molar-refractivity contribution in [2.75, 3.05) is 6.54 Å². The Balaban J connectivity index is 2.71. The van der Waals surface area contributed by atoms with Crippen molar-refractivity contribution in [3.05, 3.63) is 33.3 Å². The number of aliphatic carboxylic acids is 1. The third-order valence-corrected chi connectivity index (χ3v) is 3.23. The summed E-state index contributed by atoms with van der Waals surface area (Å²) in [6.07, 6.45) is -1.63. The Morgan fingerprint density at radius 1 is 1.47 bits per heavy atom. The van der Waals surface area contributed by atoms with Gasteiger partial charge in [-0.25, -0.2) is 4.79 Å². The Kier molecular flexibility index (Phi) is 4.92. The topological polar surface area (TPSA) is 86.6 Å². The fourth-order valence-corrected chi connectivity index (χ4v) is 1.63. The Morgan fingerprint density at radius 2 is 2.12 bits per heavy atom. The van der Waals surface area contributed by atoms with Gasteiger partial charge in [-0.05, 0) is 28.1 Å². The summed E-state index contributed by atoms with van der Waals surface area (Å²) >= 11 is 9.04. The largest absolute Gasteiger partial charge is 0.479 e. The van der Waals surface area contributed by atoms with Crippen molar-refractivity contribution in [1.82, 2.24) is 5.32 Å². The van der Waals surface area contributed by atoms with Gasteiger partial charge in [0.05, 0.1) is 17.1 Å². The van der Waals surface area contributed by atoms with Crippen molar-refractivity contribution < 1.29 is 19.8 Å². The van der Waals surface area contributed by atoms with Crippen LogP contribution in [0.25, 0.3) is 0 Å². The molecule has 0 heterocycles. The highest BCUT2D eigenvalue weighted by Crippen LogP contribution is 2.25. The average molecular weight is 323 g/mol. The Labute approximate surface area is 111 Å². The van der Waals surface area contributed by atoms with Crippen molar-refractivity contribution in [3.63, 3.8) is 0 Å². The molecule has 0 bridgehead atoms. The third-order valence-electron chi connectivity index (χ3n) is 1.94. The number of carboxylic acid groups (broad SMARTS) is 1. The second-order valence-electron chi connectivity index (χ2n) is 3.17. The minimum absolute atomic E-state index is 0.207. The van der Waals surface area contributed by atoms with Crippen LogP contribution in [0.4, 0.5) is 0 Å². The van der Waals surface area contributed by atoms with Crippen molar-refractivity contribution in [3.8, 4) is 0 Å². The van der Waals surface area contributed by atoms with Crippen LogP contribution in [-0.2, 0) is 4.79 Å². The molecule has 0 saturated heterocycles. The Morgan fingerprint density at radius 3 is 2.71 bits per heavy atom. The molecule has 0 fully saturated rings. The van der Waals surface area contributed by atoms with E-state index in [1.807, 2.05) is 0 Å². The number of rotatable bonds is 4. The lowest BCUT2D eigenvalue weighted by molar-refractivity contribution is -0.146. The van der Waals surface area contributed by atoms with Crippen LogP contribution in [0.2, 0.25) is 5.02 Å². The van der Waals surface area contributed by atoms with Gasteiger partial charge in [-0.15, -0.1) is 0 Å². The Hall–Kier alpha value is -1.11. The second kappa shape index (κ2) is 6.00. The van der Waals surface area contributed by atoms with Crippen molar-refractivity contribution in [2.24, 2.45) is 0 Å². The molecular formula is C10H9BrClNO4. The molecule has 0 saturated carbocycles. The van der Waals surface area contributed by atoms with Crippen molar-refractivity contribution in [1.29, 1.82) is 0 Å². The fourth-order valence-electron chi connectivity index (χ4n) is 1.05. The van der Waals surface area contributed by atoms with Gasteiger partial charge < -0.3 is 15.5 Å². The van der Waals surface area contributed by atoms with E-state index in [1.165, 1.54) is 6.07 Å². The lowest BCUT2D eigenvalue weighted by atomic mass is 10.2. The molecule has 0 aliphatic carbocycles. The number of carbonyl (C=O) groups excluding carboxylic acids is 1. The number of hydrogen-bond acceptors (Lipinski definition) is 3. The summed E-state index contributed by atoms with van der Waals surface area (Å²) in [7, 11) is 0. The summed E-state index contributed by atoms with van der Waals surface area (Å²) in [6.45, 7) is -0.378. The van der Waals surface area contributed by atoms with Crippen LogP contribution < -0.4 is 5.32 Å². The van der Waals surface area contributed by atoms with E-state index < -0.39 is 18.0 Å². The molecule has 0 spiro atoms. The van der Waals surface area contributed by atoms with Crippen LogP contribution in [0.3, 0.4) is 0 Å². The standard InChI is InChI=1S/C10H9BrClNO4/c11-6-3-1-2-5(8(6)12)9(15)13-4-7(14)10(16)17/h1-3,7,14H,4H2,(H,13,15)(H,16,17). The molecular weight excluding hydrogens is 313 g/mol. The van der Waals surface area contributed by atoms with E-state index in [-0.39, 0.29) is 17.1 Å². The molecule has 1 rings (SSSR count). The number of aliphatic hydroxyl groups is 1. The van der Waals surface area contributed by atoms with Gasteiger partial charge in [-0.2, -0.15) is 0 Å². The summed E-state index contributed by atoms with van der Waals surface area (Å²) in [4.78, 5) is 22.0. The van der Waals surface area contributed by atoms with E-state index in [4.69, 9.17) is 21.8 Å². The molecule has 5 nitrogen and oxygen atoms in total. The molecule has 1 unspecified atom stereocenters. The predicted molar refractivity (Wildman–Crippen MR) is 65.1 cm³/mol. The average Bonchev–Trinajstić information content (AvgIpc) is 2.29. The maximum Gasteiger partial charge on any atom is 0.334 e. The van der Waals surface area contributed by atoms with Crippen LogP contribution in [0.15, 0.2) is 22.7 Å². The first-order valence-electron chi connectivity index (χ1n) is 4.56. The summed E-state index contributed by atoms with van der Waals surface area (Å²) in [5.74, 6) is -1.94. The number of benzene rings is 1. The van der Waals surface area contributed by atoms with Gasteiger partial charge in [0.15, 0.2) is 6.10 Å². The summed E-state index contributed by atoms with van der Waals surface area (Å²) in [5.41, 5.74) is 0.207. The SMILES string of the molecule is O=C(NCC(O)C(=O)O)c1cccc(Br)c1Cl. The summed E-state index contributed by atoms with van der Waals surface area (Å²) in [5, 5.41) is 19.9. The van der Waals surface area contributed by atoms with E-state index in [9.17, 15) is 9.59 Å². The molecule has 0 aliphatic rings. The molecule has 1 aromatic rings. The summed E-state index contributed by atoms with van der Waals surface area (Å²) < 4.78 is 0.561. The van der Waals surface area contributed by atoms with Crippen LogP contribution in [0.5, 0.6) is 0 Å². The first kappa shape index (κ1) is 14.0. The van der Waals surface area contributed by atoms with Crippen LogP contribution in [0.1, 0.15) is 10.4 Å². The summed E-state index contributed by atoms with van der Waals surface area (Å²) in [6, 6.07) is 4.79. The first-order valence-corrected chi connectivity index (χ1v) is 5.73. The maximum atomic E-state index is 11.6. The van der Waals surface area contributed by atoms with Crippen LogP contribution >= 0.6 is 27.5 Å². The van der Waals surface area contributed by atoms with Crippen LogP contribution in [-0.4, -0.2) is 34.7 Å². The van der Waals surface area contributed by atoms with E-state index in [0.717, 1.165) is 0 Å². The van der Waals surface area contributed by atoms with Gasteiger partial charge in [-0.1, -0.05) is 17.7 Å². The number of amides is 1. The predicted octanol–water partition coefficient (Wildman–Crippen LogP) is 1.28. The van der Waals surface area contributed by atoms with E-state index >= 15 is 0 Å². The number of nitrogens with one attached hydrogen (secondary N) is 1. The minimum Gasteiger partial charge on any atom is -0.479 e. The van der Waals surface area contributed by atoms with Gasteiger partial charge in [0, 0.05) is 4.47 Å². The highest BCUT2D eigenvalue weighted by atomic mass is 79.9.